The molecule has 0 bridgehead atoms. The van der Waals surface area contributed by atoms with E-state index in [0.29, 0.717) is 11.8 Å². The summed E-state index contributed by atoms with van der Waals surface area (Å²) in [5.74, 6) is 0.957. The smallest absolute Gasteiger partial charge is 0.416 e. The Morgan fingerprint density at radius 2 is 2.10 bits per heavy atom. The average Bonchev–Trinajstić information content (AvgIpc) is 3.27. The Hall–Kier alpha value is -2.34. The predicted octanol–water partition coefficient (Wildman–Crippen LogP) is 5.82. The van der Waals surface area contributed by atoms with Crippen molar-refractivity contribution in [1.82, 2.24) is 0 Å². The van der Waals surface area contributed by atoms with Gasteiger partial charge in [-0.2, -0.15) is 13.2 Å². The zero-order valence-electron chi connectivity index (χ0n) is 16.8. The molecule has 0 saturated heterocycles. The van der Waals surface area contributed by atoms with Crippen LogP contribution in [-0.2, 0) is 12.7 Å². The van der Waals surface area contributed by atoms with E-state index in [9.17, 15) is 13.2 Å². The lowest BCUT2D eigenvalue weighted by Crippen LogP contribution is -2.19. The number of nitrogens with zero attached hydrogens (tertiary/aromatic N) is 1. The molecule has 2 aliphatic rings. The van der Waals surface area contributed by atoms with Crippen molar-refractivity contribution >= 4 is 5.71 Å². The summed E-state index contributed by atoms with van der Waals surface area (Å²) >= 11 is 0. The van der Waals surface area contributed by atoms with Crippen LogP contribution in [0.2, 0.25) is 0 Å². The fraction of sp³-hybridized carbons (Fsp3) is 0.435. The van der Waals surface area contributed by atoms with Crippen molar-refractivity contribution in [2.75, 3.05) is 0 Å². The van der Waals surface area contributed by atoms with E-state index in [1.807, 2.05) is 6.92 Å². The van der Waals surface area contributed by atoms with Crippen LogP contribution in [0.4, 0.5) is 13.2 Å². The number of hydrogen-bond donors (Lipinski definition) is 1. The summed E-state index contributed by atoms with van der Waals surface area (Å²) in [6.07, 6.45) is 3.89. The molecule has 29 heavy (non-hydrogen) atoms. The van der Waals surface area contributed by atoms with Crippen molar-refractivity contribution < 1.29 is 17.9 Å². The van der Waals surface area contributed by atoms with Gasteiger partial charge in [0.2, 0.25) is 0 Å². The zero-order chi connectivity index (χ0) is 21.2. The topological polar surface area (TPSA) is 47.6 Å². The first-order valence-corrected chi connectivity index (χ1v) is 9.86. The molecular weight excluding hydrogens is 377 g/mol. The summed E-state index contributed by atoms with van der Waals surface area (Å²) in [5.41, 5.74) is 8.30. The van der Waals surface area contributed by atoms with Gasteiger partial charge in [-0.1, -0.05) is 30.4 Å². The molecule has 156 valence electrons. The molecule has 1 saturated carbocycles. The summed E-state index contributed by atoms with van der Waals surface area (Å²) in [7, 11) is 0. The summed E-state index contributed by atoms with van der Waals surface area (Å²) < 4.78 is 45.8. The van der Waals surface area contributed by atoms with Crippen LogP contribution >= 0.6 is 0 Å². The first-order chi connectivity index (χ1) is 13.8. The Bertz CT molecular complexity index is 867. The number of benzene rings is 1. The minimum atomic E-state index is -4.44. The first kappa shape index (κ1) is 21.4. The second kappa shape index (κ2) is 8.57. The number of nitrogens with two attached hydrogens (primary N) is 1. The van der Waals surface area contributed by atoms with Gasteiger partial charge in [0.1, 0.15) is 5.75 Å². The quantitative estimate of drug-likeness (QED) is 0.608. The van der Waals surface area contributed by atoms with Gasteiger partial charge in [0, 0.05) is 29.9 Å². The number of rotatable bonds is 6. The second-order valence-corrected chi connectivity index (χ2v) is 7.68. The lowest BCUT2D eigenvalue weighted by atomic mass is 9.86. The fourth-order valence-electron chi connectivity index (χ4n) is 4.52. The third-order valence-electron chi connectivity index (χ3n) is 5.94. The van der Waals surface area contributed by atoms with Gasteiger partial charge in [0.25, 0.3) is 0 Å². The molecule has 1 fully saturated rings. The van der Waals surface area contributed by atoms with Crippen LogP contribution in [0.3, 0.4) is 0 Å². The Morgan fingerprint density at radius 3 is 2.76 bits per heavy atom. The van der Waals surface area contributed by atoms with Crippen molar-refractivity contribution in [1.29, 1.82) is 0 Å². The molecule has 2 N–H and O–H groups in total. The molecule has 1 aromatic carbocycles. The Kier molecular flexibility index (Phi) is 6.32. The van der Waals surface area contributed by atoms with E-state index >= 15 is 0 Å². The standard InChI is InChI=1S/C23H27F3N2O/c1-4-28-15(3)18-10-11-19(14(18)2)16-8-9-17(12-16)29-22-7-5-6-21(20(22)13-27)23(24,25)26/h4-7,10-11,16-17,19H,1,8-9,12-13,27H2,2-3H3/t16-,17+,19?/m0/s1. The Morgan fingerprint density at radius 1 is 1.34 bits per heavy atom. The molecule has 0 heterocycles. The van der Waals surface area contributed by atoms with Crippen LogP contribution in [-0.4, -0.2) is 11.8 Å². The van der Waals surface area contributed by atoms with Crippen LogP contribution in [0.15, 0.2) is 59.3 Å². The van der Waals surface area contributed by atoms with E-state index in [0.717, 1.165) is 36.6 Å². The molecule has 0 aromatic heterocycles. The average molecular weight is 404 g/mol. The second-order valence-electron chi connectivity index (χ2n) is 7.68. The number of ether oxygens (including phenoxy) is 1. The summed E-state index contributed by atoms with van der Waals surface area (Å²) in [4.78, 5) is 4.28. The molecule has 0 spiro atoms. The van der Waals surface area contributed by atoms with E-state index in [2.05, 4.69) is 30.6 Å². The van der Waals surface area contributed by atoms with E-state index in [4.69, 9.17) is 10.5 Å². The molecular formula is C23H27F3N2O. The van der Waals surface area contributed by atoms with Crippen LogP contribution in [0.1, 0.15) is 44.2 Å². The molecule has 0 aliphatic heterocycles. The molecule has 0 radical (unpaired) electrons. The van der Waals surface area contributed by atoms with Crippen LogP contribution in [0, 0.1) is 11.8 Å². The lowest BCUT2D eigenvalue weighted by molar-refractivity contribution is -0.138. The number of alkyl halides is 3. The van der Waals surface area contributed by atoms with E-state index in [1.54, 1.807) is 12.3 Å². The van der Waals surface area contributed by atoms with Crippen molar-refractivity contribution in [3.63, 3.8) is 0 Å². The molecule has 3 rings (SSSR count). The molecule has 3 nitrogen and oxygen atoms in total. The van der Waals surface area contributed by atoms with Crippen molar-refractivity contribution in [2.45, 2.75) is 51.9 Å². The highest BCUT2D eigenvalue weighted by atomic mass is 19.4. The van der Waals surface area contributed by atoms with Crippen LogP contribution in [0.25, 0.3) is 0 Å². The summed E-state index contributed by atoms with van der Waals surface area (Å²) in [6.45, 7) is 7.53. The highest BCUT2D eigenvalue weighted by Crippen LogP contribution is 2.42. The van der Waals surface area contributed by atoms with Gasteiger partial charge in [-0.05, 0) is 56.7 Å². The number of halogens is 3. The molecule has 0 amide bonds. The summed E-state index contributed by atoms with van der Waals surface area (Å²) in [6, 6.07) is 4.02. The van der Waals surface area contributed by atoms with Gasteiger partial charge in [0.15, 0.2) is 0 Å². The van der Waals surface area contributed by atoms with Crippen LogP contribution < -0.4 is 10.5 Å². The van der Waals surface area contributed by atoms with E-state index < -0.39 is 11.7 Å². The SMILES string of the molecule is C=CN=C(C)C1=C(C)C([C@H]2CC[C@@H](Oc3cccc(C(F)(F)F)c3CN)C2)C=C1. The number of aliphatic imine (C=N–C) groups is 1. The number of hydrogen-bond acceptors (Lipinski definition) is 3. The maximum absolute atomic E-state index is 13.3. The predicted molar refractivity (Wildman–Crippen MR) is 110 cm³/mol. The van der Waals surface area contributed by atoms with Gasteiger partial charge in [-0.15, -0.1) is 0 Å². The Balaban J connectivity index is 1.73. The molecule has 1 aromatic rings. The normalized spacial score (nSPS) is 25.0. The monoisotopic (exact) mass is 404 g/mol. The third-order valence-corrected chi connectivity index (χ3v) is 5.94. The molecule has 3 atom stereocenters. The van der Waals surface area contributed by atoms with Crippen molar-refractivity contribution in [2.24, 2.45) is 22.6 Å². The van der Waals surface area contributed by atoms with Gasteiger partial charge < -0.3 is 10.5 Å². The molecule has 2 aliphatic carbocycles. The summed E-state index contributed by atoms with van der Waals surface area (Å²) in [5, 5.41) is 0. The van der Waals surface area contributed by atoms with Crippen molar-refractivity contribution in [3.05, 3.63) is 65.4 Å². The minimum absolute atomic E-state index is 0.0267. The maximum Gasteiger partial charge on any atom is 0.416 e. The zero-order valence-corrected chi connectivity index (χ0v) is 16.8. The third kappa shape index (κ3) is 4.47. The maximum atomic E-state index is 13.3. The Labute approximate surface area is 169 Å². The van der Waals surface area contributed by atoms with Crippen molar-refractivity contribution in [3.8, 4) is 5.75 Å². The van der Waals surface area contributed by atoms with Gasteiger partial charge in [0.05, 0.1) is 11.7 Å². The van der Waals surface area contributed by atoms with Gasteiger partial charge >= 0.3 is 6.18 Å². The molecule has 6 heteroatoms. The van der Waals surface area contributed by atoms with E-state index in [1.165, 1.54) is 11.6 Å². The van der Waals surface area contributed by atoms with Crippen LogP contribution in [0.5, 0.6) is 5.75 Å². The first-order valence-electron chi connectivity index (χ1n) is 9.86. The fourth-order valence-corrected chi connectivity index (χ4v) is 4.52. The highest BCUT2D eigenvalue weighted by Gasteiger charge is 2.36. The van der Waals surface area contributed by atoms with Gasteiger partial charge in [-0.25, -0.2) is 0 Å². The molecule has 1 unspecified atom stereocenters. The number of allylic oxidation sites excluding steroid dienone is 4. The lowest BCUT2D eigenvalue weighted by Gasteiger charge is -2.22. The largest absolute Gasteiger partial charge is 0.490 e. The minimum Gasteiger partial charge on any atom is -0.490 e. The highest BCUT2D eigenvalue weighted by molar-refractivity contribution is 6.02. The van der Waals surface area contributed by atoms with Gasteiger partial charge in [-0.3, -0.25) is 4.99 Å². The van der Waals surface area contributed by atoms with E-state index in [-0.39, 0.29) is 24.0 Å².